The van der Waals surface area contributed by atoms with Crippen molar-refractivity contribution in [1.29, 1.82) is 0 Å². The van der Waals surface area contributed by atoms with Crippen LogP contribution >= 0.6 is 11.3 Å². The van der Waals surface area contributed by atoms with E-state index in [1.54, 1.807) is 0 Å². The van der Waals surface area contributed by atoms with Crippen molar-refractivity contribution in [2.75, 3.05) is 4.72 Å². The molecule has 0 amide bonds. The van der Waals surface area contributed by atoms with Crippen molar-refractivity contribution in [2.45, 2.75) is 0 Å². The number of rotatable bonds is 2. The van der Waals surface area contributed by atoms with Crippen molar-refractivity contribution in [3.8, 4) is 0 Å². The summed E-state index contributed by atoms with van der Waals surface area (Å²) < 4.78 is 24.1. The van der Waals surface area contributed by atoms with E-state index >= 15 is 0 Å². The summed E-state index contributed by atoms with van der Waals surface area (Å²) in [5.41, 5.74) is 0. The molecule has 1 atom stereocenters. The number of hydrogen-bond donors (Lipinski definition) is 1. The predicted octanol–water partition coefficient (Wildman–Crippen LogP) is 2.11. The smallest absolute Gasteiger partial charge is 0.100 e. The van der Waals surface area contributed by atoms with Crippen molar-refractivity contribution in [3.05, 3.63) is 30.3 Å². The van der Waals surface area contributed by atoms with Crippen molar-refractivity contribution in [2.24, 2.45) is 0 Å². The SMILES string of the molecule is O=S([O-])Nc1cc2ccccc2s1. The molecule has 2 aromatic rings. The molecule has 0 radical (unpaired) electrons. The fourth-order valence-corrected chi connectivity index (χ4v) is 2.52. The van der Waals surface area contributed by atoms with Gasteiger partial charge in [-0.25, -0.2) is 0 Å². The average Bonchev–Trinajstić information content (AvgIpc) is 2.44. The molecule has 0 aliphatic heterocycles. The highest BCUT2D eigenvalue weighted by Gasteiger charge is 1.98. The molecule has 0 saturated heterocycles. The predicted molar refractivity (Wildman–Crippen MR) is 54.4 cm³/mol. The van der Waals surface area contributed by atoms with E-state index in [0.717, 1.165) is 10.1 Å². The molecular weight excluding hydrogens is 206 g/mol. The van der Waals surface area contributed by atoms with Crippen LogP contribution in [0.25, 0.3) is 10.1 Å². The molecule has 13 heavy (non-hydrogen) atoms. The maximum atomic E-state index is 10.3. The number of thiophene rings is 1. The second kappa shape index (κ2) is 3.45. The molecule has 0 fully saturated rings. The average molecular weight is 212 g/mol. The Bertz CT molecular complexity index is 419. The van der Waals surface area contributed by atoms with Gasteiger partial charge in [0.05, 0.1) is 0 Å². The lowest BCUT2D eigenvalue weighted by molar-refractivity contribution is 0.543. The van der Waals surface area contributed by atoms with Gasteiger partial charge in [0.25, 0.3) is 0 Å². The summed E-state index contributed by atoms with van der Waals surface area (Å²) in [5, 5.41) is 1.70. The summed E-state index contributed by atoms with van der Waals surface area (Å²) >= 11 is -0.811. The van der Waals surface area contributed by atoms with E-state index in [0.29, 0.717) is 5.00 Å². The van der Waals surface area contributed by atoms with Crippen LogP contribution in [0.3, 0.4) is 0 Å². The van der Waals surface area contributed by atoms with Gasteiger partial charge in [-0.15, -0.1) is 11.3 Å². The van der Waals surface area contributed by atoms with Gasteiger partial charge in [0, 0.05) is 16.0 Å². The minimum absolute atomic E-state index is 0.648. The van der Waals surface area contributed by atoms with Gasteiger partial charge in [0.15, 0.2) is 0 Å². The van der Waals surface area contributed by atoms with Gasteiger partial charge in [-0.2, -0.15) is 0 Å². The summed E-state index contributed by atoms with van der Waals surface area (Å²) in [5.74, 6) is 0. The molecule has 1 unspecified atom stereocenters. The zero-order valence-electron chi connectivity index (χ0n) is 6.52. The molecule has 5 heteroatoms. The molecule has 0 aliphatic carbocycles. The van der Waals surface area contributed by atoms with Gasteiger partial charge in [-0.05, 0) is 17.5 Å². The standard InChI is InChI=1S/C8H7NO2S2/c10-13(11)9-8-5-6-3-1-2-4-7(6)12-8/h1-5,9H,(H,10,11)/p-1. The number of benzene rings is 1. The van der Waals surface area contributed by atoms with Gasteiger partial charge < -0.3 is 9.27 Å². The van der Waals surface area contributed by atoms with Crippen molar-refractivity contribution >= 4 is 37.7 Å². The molecule has 0 bridgehead atoms. The summed E-state index contributed by atoms with van der Waals surface area (Å²) in [6.45, 7) is 0. The molecule has 0 spiro atoms. The van der Waals surface area contributed by atoms with Gasteiger partial charge >= 0.3 is 0 Å². The monoisotopic (exact) mass is 212 g/mol. The second-order valence-electron chi connectivity index (χ2n) is 2.49. The highest BCUT2D eigenvalue weighted by molar-refractivity contribution is 7.80. The van der Waals surface area contributed by atoms with Gasteiger partial charge in [0.1, 0.15) is 5.00 Å². The van der Waals surface area contributed by atoms with Crippen LogP contribution in [0.15, 0.2) is 30.3 Å². The maximum absolute atomic E-state index is 10.3. The molecule has 3 nitrogen and oxygen atoms in total. The van der Waals surface area contributed by atoms with Crippen LogP contribution in [-0.4, -0.2) is 8.76 Å². The molecule has 1 heterocycles. The van der Waals surface area contributed by atoms with Crippen LogP contribution in [0.2, 0.25) is 0 Å². The molecule has 1 N–H and O–H groups in total. The zero-order chi connectivity index (χ0) is 9.26. The van der Waals surface area contributed by atoms with Gasteiger partial charge in [-0.1, -0.05) is 18.2 Å². The fourth-order valence-electron chi connectivity index (χ4n) is 1.11. The molecule has 2 rings (SSSR count). The minimum Gasteiger partial charge on any atom is -0.755 e. The number of hydrogen-bond acceptors (Lipinski definition) is 3. The molecule has 68 valence electrons. The molecular formula is C8H6NO2S2-. The fraction of sp³-hybridized carbons (Fsp3) is 0. The van der Waals surface area contributed by atoms with Crippen molar-refractivity contribution in [3.63, 3.8) is 0 Å². The third-order valence-electron chi connectivity index (χ3n) is 1.61. The van der Waals surface area contributed by atoms with E-state index in [9.17, 15) is 8.76 Å². The van der Waals surface area contributed by atoms with Crippen LogP contribution in [0.1, 0.15) is 0 Å². The minimum atomic E-state index is -2.23. The summed E-state index contributed by atoms with van der Waals surface area (Å²) in [6, 6.07) is 9.57. The topological polar surface area (TPSA) is 52.2 Å². The Kier molecular flexibility index (Phi) is 2.30. The van der Waals surface area contributed by atoms with E-state index in [-0.39, 0.29) is 0 Å². The van der Waals surface area contributed by atoms with Crippen LogP contribution in [0, 0.1) is 0 Å². The maximum Gasteiger partial charge on any atom is 0.100 e. The first kappa shape index (κ1) is 8.68. The molecule has 0 aliphatic rings. The lowest BCUT2D eigenvalue weighted by atomic mass is 10.3. The number of anilines is 1. The van der Waals surface area contributed by atoms with Gasteiger partial charge in [-0.3, -0.25) is 4.21 Å². The van der Waals surface area contributed by atoms with Crippen molar-refractivity contribution < 1.29 is 8.76 Å². The van der Waals surface area contributed by atoms with E-state index in [1.165, 1.54) is 11.3 Å². The Balaban J connectivity index is 2.44. The first-order chi connectivity index (χ1) is 6.25. The second-order valence-corrected chi connectivity index (χ2v) is 4.24. The highest BCUT2D eigenvalue weighted by Crippen LogP contribution is 2.29. The van der Waals surface area contributed by atoms with Gasteiger partial charge in [0.2, 0.25) is 0 Å². The number of fused-ring (bicyclic) bond motifs is 1. The third kappa shape index (κ3) is 1.88. The van der Waals surface area contributed by atoms with E-state index in [4.69, 9.17) is 0 Å². The van der Waals surface area contributed by atoms with E-state index < -0.39 is 11.3 Å². The molecule has 1 aromatic carbocycles. The Hall–Kier alpha value is -0.910. The summed E-state index contributed by atoms with van der Waals surface area (Å²) in [4.78, 5) is 0. The van der Waals surface area contributed by atoms with Crippen LogP contribution in [0.5, 0.6) is 0 Å². The van der Waals surface area contributed by atoms with Crippen LogP contribution < -0.4 is 4.72 Å². The normalized spacial score (nSPS) is 13.0. The molecule has 0 saturated carbocycles. The Morgan fingerprint density at radius 2 is 2.15 bits per heavy atom. The summed E-state index contributed by atoms with van der Waals surface area (Å²) in [7, 11) is 0. The number of nitrogens with one attached hydrogen (secondary N) is 1. The van der Waals surface area contributed by atoms with E-state index in [1.807, 2.05) is 30.3 Å². The summed E-state index contributed by atoms with van der Waals surface area (Å²) in [6.07, 6.45) is 0. The zero-order valence-corrected chi connectivity index (χ0v) is 8.15. The Labute approximate surface area is 81.8 Å². The van der Waals surface area contributed by atoms with Crippen molar-refractivity contribution in [1.82, 2.24) is 0 Å². The Morgan fingerprint density at radius 3 is 2.85 bits per heavy atom. The molecule has 1 aromatic heterocycles. The quantitative estimate of drug-likeness (QED) is 0.775. The highest BCUT2D eigenvalue weighted by atomic mass is 32.2. The van der Waals surface area contributed by atoms with Crippen LogP contribution in [-0.2, 0) is 11.3 Å². The van der Waals surface area contributed by atoms with Crippen LogP contribution in [0.4, 0.5) is 5.00 Å². The largest absolute Gasteiger partial charge is 0.755 e. The lowest BCUT2D eigenvalue weighted by Gasteiger charge is -2.03. The Morgan fingerprint density at radius 1 is 1.38 bits per heavy atom. The third-order valence-corrected chi connectivity index (χ3v) is 3.16. The van der Waals surface area contributed by atoms with E-state index in [2.05, 4.69) is 4.72 Å². The lowest BCUT2D eigenvalue weighted by Crippen LogP contribution is -1.99. The first-order valence-electron chi connectivity index (χ1n) is 3.60. The first-order valence-corrected chi connectivity index (χ1v) is 5.49.